The Morgan fingerprint density at radius 3 is 2.77 bits per heavy atom. The lowest BCUT2D eigenvalue weighted by Crippen LogP contribution is -2.76. The molecule has 4 aliphatic heterocycles. The molecule has 4 heterocycles. The first kappa shape index (κ1) is 21.2. The molecule has 10 heteroatoms. The van der Waals surface area contributed by atoms with Gasteiger partial charge in [0.05, 0.1) is 12.1 Å². The van der Waals surface area contributed by atoms with Crippen LogP contribution in [0.1, 0.15) is 37.8 Å². The molecule has 30 heavy (non-hydrogen) atoms. The maximum atomic E-state index is 13.8. The molecule has 3 saturated heterocycles. The highest BCUT2D eigenvalue weighted by molar-refractivity contribution is 8.78. The van der Waals surface area contributed by atoms with Crippen LogP contribution in [-0.4, -0.2) is 58.9 Å². The smallest absolute Gasteiger partial charge is 0.261 e. The first-order valence-corrected chi connectivity index (χ1v) is 11.8. The van der Waals surface area contributed by atoms with Crippen molar-refractivity contribution in [2.75, 3.05) is 27.6 Å². The van der Waals surface area contributed by atoms with Gasteiger partial charge in [0.15, 0.2) is 21.2 Å². The molecule has 0 saturated carbocycles. The van der Waals surface area contributed by atoms with Crippen molar-refractivity contribution in [3.05, 3.63) is 23.8 Å². The van der Waals surface area contributed by atoms with Crippen LogP contribution in [0, 0.1) is 11.3 Å². The van der Waals surface area contributed by atoms with E-state index in [-0.39, 0.29) is 31.4 Å². The van der Waals surface area contributed by atoms with Gasteiger partial charge in [0.1, 0.15) is 0 Å². The summed E-state index contributed by atoms with van der Waals surface area (Å²) in [4.78, 5) is 28.3. The van der Waals surface area contributed by atoms with E-state index < -0.39 is 15.8 Å². The van der Waals surface area contributed by atoms with Gasteiger partial charge in [-0.2, -0.15) is 5.26 Å². The zero-order valence-corrected chi connectivity index (χ0v) is 18.7. The Bertz CT molecular complexity index is 922. The van der Waals surface area contributed by atoms with E-state index in [1.165, 1.54) is 26.5 Å². The van der Waals surface area contributed by atoms with Crippen LogP contribution in [0.4, 0.5) is 0 Å². The van der Waals surface area contributed by atoms with Crippen LogP contribution in [0.3, 0.4) is 0 Å². The van der Waals surface area contributed by atoms with Gasteiger partial charge in [-0.15, -0.1) is 0 Å². The van der Waals surface area contributed by atoms with Crippen molar-refractivity contribution in [3.8, 4) is 17.6 Å². The quantitative estimate of drug-likeness (QED) is 0.587. The number of nitriles is 1. The number of carbonyl (C=O) groups is 2. The third-order valence-electron chi connectivity index (χ3n) is 5.89. The summed E-state index contributed by atoms with van der Waals surface area (Å²) in [5, 5.41) is 9.23. The molecule has 5 rings (SSSR count). The number of hydrogen-bond donors (Lipinski definition) is 0. The second-order valence-electron chi connectivity index (χ2n) is 7.54. The average molecular weight is 450 g/mol. The van der Waals surface area contributed by atoms with Crippen molar-refractivity contribution in [3.63, 3.8) is 0 Å². The number of methoxy groups -OCH3 is 1. The van der Waals surface area contributed by atoms with Gasteiger partial charge < -0.3 is 24.0 Å². The molecule has 160 valence electrons. The van der Waals surface area contributed by atoms with Gasteiger partial charge in [-0.25, -0.2) is 0 Å². The van der Waals surface area contributed by atoms with Crippen molar-refractivity contribution >= 4 is 33.4 Å². The van der Waals surface area contributed by atoms with E-state index >= 15 is 0 Å². The van der Waals surface area contributed by atoms with Crippen molar-refractivity contribution in [1.29, 1.82) is 5.26 Å². The molecular formula is C20H23N3O5S2. The van der Waals surface area contributed by atoms with Crippen LogP contribution in [0.15, 0.2) is 18.2 Å². The lowest BCUT2D eigenvalue weighted by atomic mass is 9.93. The molecule has 8 nitrogen and oxygen atoms in total. The Balaban J connectivity index is 1.82. The summed E-state index contributed by atoms with van der Waals surface area (Å²) in [5.41, 5.74) is 0.846. The van der Waals surface area contributed by atoms with Crippen LogP contribution in [0.5, 0.6) is 11.5 Å². The molecule has 1 aromatic rings. The second kappa shape index (κ2) is 7.87. The van der Waals surface area contributed by atoms with E-state index in [0.717, 1.165) is 5.56 Å². The Morgan fingerprint density at radius 1 is 1.27 bits per heavy atom. The third kappa shape index (κ3) is 3.02. The molecule has 0 radical (unpaired) electrons. The van der Waals surface area contributed by atoms with Gasteiger partial charge in [0.25, 0.3) is 11.8 Å². The van der Waals surface area contributed by atoms with Crippen molar-refractivity contribution in [1.82, 2.24) is 9.80 Å². The van der Waals surface area contributed by atoms with Gasteiger partial charge >= 0.3 is 0 Å². The zero-order chi connectivity index (χ0) is 21.5. The third-order valence-corrected chi connectivity index (χ3v) is 9.65. The fraction of sp³-hybridized carbons (Fsp3) is 0.550. The van der Waals surface area contributed by atoms with Crippen LogP contribution >= 0.6 is 21.6 Å². The van der Waals surface area contributed by atoms with E-state index in [0.29, 0.717) is 24.5 Å². The van der Waals surface area contributed by atoms with Crippen LogP contribution < -0.4 is 9.47 Å². The van der Waals surface area contributed by atoms with Crippen LogP contribution in [-0.2, 0) is 14.3 Å². The fourth-order valence-corrected chi connectivity index (χ4v) is 7.59. The maximum absolute atomic E-state index is 13.8. The maximum Gasteiger partial charge on any atom is 0.261 e. The summed E-state index contributed by atoms with van der Waals surface area (Å²) in [5.74, 6) is 0.992. The van der Waals surface area contributed by atoms with Gasteiger partial charge in [0, 0.05) is 33.6 Å². The standard InChI is InChI=1S/C20H23N3O5S2/c1-19-17(24)23(20(30-29-19,8-4-9-21)18(25)22(19)2)14(7-10-26-3)13-5-6-15-16(11-13)28-12-27-15/h5-6,11,14H,4,7-8,10,12H2,1-3H3. The second-order valence-corrected chi connectivity index (χ2v) is 10.3. The van der Waals surface area contributed by atoms with Crippen molar-refractivity contribution < 1.29 is 23.8 Å². The molecule has 0 spiro atoms. The summed E-state index contributed by atoms with van der Waals surface area (Å²) in [6, 6.07) is 7.32. The number of piperazine rings is 1. The zero-order valence-electron chi connectivity index (χ0n) is 17.0. The highest BCUT2D eigenvalue weighted by atomic mass is 33.1. The Morgan fingerprint density at radius 2 is 2.03 bits per heavy atom. The minimum atomic E-state index is -1.14. The highest BCUT2D eigenvalue weighted by Gasteiger charge is 2.67. The lowest BCUT2D eigenvalue weighted by Gasteiger charge is -2.60. The molecule has 0 aromatic heterocycles. The molecular weight excluding hydrogens is 426 g/mol. The number of amides is 2. The number of rotatable bonds is 7. The minimum absolute atomic E-state index is 0.134. The Kier molecular flexibility index (Phi) is 5.55. The Hall–Kier alpha value is -2.09. The summed E-state index contributed by atoms with van der Waals surface area (Å²) in [7, 11) is 6.05. The molecule has 1 aromatic carbocycles. The van der Waals surface area contributed by atoms with Crippen LogP contribution in [0.2, 0.25) is 0 Å². The largest absolute Gasteiger partial charge is 0.454 e. The predicted octanol–water partition coefficient (Wildman–Crippen LogP) is 2.90. The Labute approximate surface area is 183 Å². The van der Waals surface area contributed by atoms with E-state index in [4.69, 9.17) is 14.2 Å². The number of nitrogens with zero attached hydrogens (tertiary/aromatic N) is 3. The summed E-state index contributed by atoms with van der Waals surface area (Å²) >= 11 is 0. The van der Waals surface area contributed by atoms with Gasteiger partial charge in [-0.05, 0) is 31.0 Å². The molecule has 2 bridgehead atoms. The number of likely N-dealkylation sites (N-methyl/N-ethyl adjacent to an activating group) is 1. The highest BCUT2D eigenvalue weighted by Crippen LogP contribution is 2.62. The summed E-state index contributed by atoms with van der Waals surface area (Å²) in [6.07, 6.45) is 0.945. The summed E-state index contributed by atoms with van der Waals surface area (Å²) in [6.45, 7) is 2.35. The van der Waals surface area contributed by atoms with Gasteiger partial charge in [0.2, 0.25) is 6.79 Å². The molecule has 3 fully saturated rings. The number of fused-ring (bicyclic) bond motifs is 4. The number of benzene rings is 1. The van der Waals surface area contributed by atoms with E-state index in [9.17, 15) is 14.9 Å². The first-order valence-electron chi connectivity index (χ1n) is 9.63. The molecule has 3 atom stereocenters. The average Bonchev–Trinajstić information content (AvgIpc) is 3.22. The lowest BCUT2D eigenvalue weighted by molar-refractivity contribution is -0.168. The fourth-order valence-electron chi connectivity index (χ4n) is 4.09. The molecule has 0 N–H and O–H groups in total. The molecule has 4 aliphatic rings. The van der Waals surface area contributed by atoms with Gasteiger partial charge in [-0.3, -0.25) is 9.59 Å². The SMILES string of the molecule is COCCC(c1ccc2c(c1)OCO2)N1C(=O)C2(C)SSC1(CCC#N)C(=O)N2C. The predicted molar refractivity (Wildman–Crippen MR) is 113 cm³/mol. The molecule has 0 aliphatic carbocycles. The van der Waals surface area contributed by atoms with Gasteiger partial charge in [-0.1, -0.05) is 27.7 Å². The van der Waals surface area contributed by atoms with Crippen LogP contribution in [0.25, 0.3) is 0 Å². The monoisotopic (exact) mass is 449 g/mol. The van der Waals surface area contributed by atoms with Crippen molar-refractivity contribution in [2.24, 2.45) is 0 Å². The topological polar surface area (TPSA) is 92.1 Å². The van der Waals surface area contributed by atoms with E-state index in [1.807, 2.05) is 18.2 Å². The molecule has 3 unspecified atom stereocenters. The molecule has 2 amide bonds. The minimum Gasteiger partial charge on any atom is -0.454 e. The number of carbonyl (C=O) groups excluding carboxylic acids is 2. The number of hydrogen-bond acceptors (Lipinski definition) is 8. The van der Waals surface area contributed by atoms with Crippen molar-refractivity contribution in [2.45, 2.75) is 42.0 Å². The summed E-state index contributed by atoms with van der Waals surface area (Å²) < 4.78 is 16.3. The first-order chi connectivity index (χ1) is 14.4. The van der Waals surface area contributed by atoms with E-state index in [2.05, 4.69) is 6.07 Å². The normalized spacial score (nSPS) is 28.1. The van der Waals surface area contributed by atoms with E-state index in [1.54, 1.807) is 26.0 Å². The number of ether oxygens (including phenoxy) is 3.